The Hall–Kier alpha value is -1.65. The van der Waals surface area contributed by atoms with Gasteiger partial charge in [0.2, 0.25) is 0 Å². The second-order valence-electron chi connectivity index (χ2n) is 6.81. The van der Waals surface area contributed by atoms with Crippen molar-refractivity contribution < 1.29 is 9.53 Å². The molecule has 0 saturated carbocycles. The number of rotatable bonds is 2. The van der Waals surface area contributed by atoms with Crippen molar-refractivity contribution in [3.05, 3.63) is 57.3 Å². The van der Waals surface area contributed by atoms with Gasteiger partial charge in [-0.25, -0.2) is 0 Å². The fourth-order valence-corrected chi connectivity index (χ4v) is 4.93. The molecular weight excluding hydrogens is 318 g/mol. The van der Waals surface area contributed by atoms with E-state index in [-0.39, 0.29) is 18.1 Å². The van der Waals surface area contributed by atoms with E-state index in [4.69, 9.17) is 4.74 Å². The van der Waals surface area contributed by atoms with Gasteiger partial charge in [-0.3, -0.25) is 4.79 Å². The lowest BCUT2D eigenvalue weighted by molar-refractivity contribution is -0.0691. The molecule has 2 aromatic rings. The van der Waals surface area contributed by atoms with Gasteiger partial charge in [0.05, 0.1) is 18.2 Å². The summed E-state index contributed by atoms with van der Waals surface area (Å²) >= 11 is 1.76. The normalized spacial score (nSPS) is 23.8. The Morgan fingerprint density at radius 3 is 2.79 bits per heavy atom. The van der Waals surface area contributed by atoms with Gasteiger partial charge in [0.25, 0.3) is 5.91 Å². The first-order chi connectivity index (χ1) is 11.7. The predicted octanol–water partition coefficient (Wildman–Crippen LogP) is 4.23. The van der Waals surface area contributed by atoms with Gasteiger partial charge in [-0.1, -0.05) is 30.3 Å². The Balaban J connectivity index is 1.57. The molecule has 0 radical (unpaired) electrons. The number of nitrogens with zero attached hydrogens (tertiary/aromatic N) is 1. The van der Waals surface area contributed by atoms with Crippen LogP contribution < -0.4 is 0 Å². The number of benzene rings is 1. The van der Waals surface area contributed by atoms with Crippen LogP contribution in [0.3, 0.4) is 0 Å². The van der Waals surface area contributed by atoms with E-state index in [1.807, 2.05) is 23.1 Å². The molecule has 2 atom stereocenters. The van der Waals surface area contributed by atoms with Crippen molar-refractivity contribution in [2.75, 3.05) is 13.1 Å². The summed E-state index contributed by atoms with van der Waals surface area (Å²) in [6, 6.07) is 10.2. The Kier molecular flexibility index (Phi) is 4.42. The van der Waals surface area contributed by atoms with E-state index >= 15 is 0 Å². The smallest absolute Gasteiger partial charge is 0.255 e. The zero-order valence-electron chi connectivity index (χ0n) is 14.0. The number of ether oxygens (including phenoxy) is 1. The highest BCUT2D eigenvalue weighted by Gasteiger charge is 2.31. The summed E-state index contributed by atoms with van der Waals surface area (Å²) in [4.78, 5) is 16.5. The largest absolute Gasteiger partial charge is 0.367 e. The van der Waals surface area contributed by atoms with E-state index in [9.17, 15) is 4.79 Å². The molecular formula is C20H23NO2S. The first-order valence-electron chi connectivity index (χ1n) is 8.81. The van der Waals surface area contributed by atoms with Gasteiger partial charge in [0.15, 0.2) is 0 Å². The van der Waals surface area contributed by atoms with Gasteiger partial charge < -0.3 is 9.64 Å². The van der Waals surface area contributed by atoms with Crippen molar-refractivity contribution >= 4 is 17.2 Å². The number of aryl methyl sites for hydroxylation is 1. The maximum atomic E-state index is 13.1. The number of amides is 1. The molecule has 0 bridgehead atoms. The van der Waals surface area contributed by atoms with Crippen LogP contribution in [0.25, 0.3) is 0 Å². The monoisotopic (exact) mass is 341 g/mol. The fourth-order valence-electron chi connectivity index (χ4n) is 3.81. The number of morpholine rings is 1. The average molecular weight is 341 g/mol. The lowest BCUT2D eigenvalue weighted by Crippen LogP contribution is -2.46. The molecule has 1 aliphatic heterocycles. The summed E-state index contributed by atoms with van der Waals surface area (Å²) in [5.74, 6) is 0.186. The standard InChI is InChI=1S/C20H23NO2S/c1-14-11-21(12-18(23-14)15-7-3-2-4-8-15)20(22)17-13-24-19-10-6-5-9-16(17)19/h2-4,7-8,13-14,18H,5-6,9-12H2,1H3/t14-,18+/m0/s1. The van der Waals surface area contributed by atoms with Crippen LogP contribution >= 0.6 is 11.3 Å². The van der Waals surface area contributed by atoms with Crippen LogP contribution in [-0.2, 0) is 17.6 Å². The van der Waals surface area contributed by atoms with E-state index in [0.717, 1.165) is 24.0 Å². The van der Waals surface area contributed by atoms with Crippen LogP contribution in [0.5, 0.6) is 0 Å². The minimum atomic E-state index is -0.0339. The highest BCUT2D eigenvalue weighted by Crippen LogP contribution is 2.32. The quantitative estimate of drug-likeness (QED) is 0.818. The van der Waals surface area contributed by atoms with Gasteiger partial charge in [0, 0.05) is 16.8 Å². The molecule has 0 spiro atoms. The molecule has 126 valence electrons. The topological polar surface area (TPSA) is 29.5 Å². The maximum Gasteiger partial charge on any atom is 0.255 e. The minimum absolute atomic E-state index is 0.0339. The molecule has 4 heteroatoms. The third-order valence-electron chi connectivity index (χ3n) is 5.01. The van der Waals surface area contributed by atoms with Crippen LogP contribution in [0.1, 0.15) is 52.2 Å². The highest BCUT2D eigenvalue weighted by atomic mass is 32.1. The summed E-state index contributed by atoms with van der Waals surface area (Å²) in [7, 11) is 0. The van der Waals surface area contributed by atoms with Gasteiger partial charge in [-0.05, 0) is 43.7 Å². The molecule has 1 saturated heterocycles. The first kappa shape index (κ1) is 15.9. The molecule has 1 aromatic heterocycles. The predicted molar refractivity (Wildman–Crippen MR) is 96.6 cm³/mol. The Labute approximate surface area is 147 Å². The van der Waals surface area contributed by atoms with Gasteiger partial charge in [0.1, 0.15) is 6.10 Å². The molecule has 1 aliphatic carbocycles. The van der Waals surface area contributed by atoms with Crippen molar-refractivity contribution in [1.29, 1.82) is 0 Å². The van der Waals surface area contributed by atoms with Crippen LogP contribution in [0, 0.1) is 0 Å². The van der Waals surface area contributed by atoms with Gasteiger partial charge >= 0.3 is 0 Å². The average Bonchev–Trinajstić information content (AvgIpc) is 3.05. The third-order valence-corrected chi connectivity index (χ3v) is 6.10. The molecule has 0 N–H and O–H groups in total. The first-order valence-corrected chi connectivity index (χ1v) is 9.69. The zero-order chi connectivity index (χ0) is 16.5. The second-order valence-corrected chi connectivity index (χ2v) is 7.78. The van der Waals surface area contributed by atoms with Crippen molar-refractivity contribution in [3.63, 3.8) is 0 Å². The van der Waals surface area contributed by atoms with E-state index in [2.05, 4.69) is 24.4 Å². The molecule has 1 aromatic carbocycles. The van der Waals surface area contributed by atoms with Crippen LogP contribution in [0.15, 0.2) is 35.7 Å². The van der Waals surface area contributed by atoms with Crippen molar-refractivity contribution in [2.45, 2.75) is 44.8 Å². The molecule has 1 amide bonds. The Morgan fingerprint density at radius 1 is 1.17 bits per heavy atom. The lowest BCUT2D eigenvalue weighted by atomic mass is 9.95. The van der Waals surface area contributed by atoms with Crippen molar-refractivity contribution in [3.8, 4) is 0 Å². The zero-order valence-corrected chi connectivity index (χ0v) is 14.8. The van der Waals surface area contributed by atoms with Gasteiger partial charge in [-0.2, -0.15) is 0 Å². The molecule has 4 rings (SSSR count). The Bertz CT molecular complexity index is 724. The summed E-state index contributed by atoms with van der Waals surface area (Å²) in [5.41, 5.74) is 3.40. The molecule has 24 heavy (non-hydrogen) atoms. The third kappa shape index (κ3) is 3.01. The van der Waals surface area contributed by atoms with Crippen molar-refractivity contribution in [1.82, 2.24) is 4.90 Å². The summed E-state index contributed by atoms with van der Waals surface area (Å²) in [5, 5.41) is 2.08. The Morgan fingerprint density at radius 2 is 1.96 bits per heavy atom. The summed E-state index contributed by atoms with van der Waals surface area (Å²) in [6.45, 7) is 3.36. The van der Waals surface area contributed by atoms with E-state index in [1.165, 1.54) is 23.3 Å². The number of hydrogen-bond acceptors (Lipinski definition) is 3. The second kappa shape index (κ2) is 6.69. The number of carbonyl (C=O) groups excluding carboxylic acids is 1. The molecule has 1 fully saturated rings. The highest BCUT2D eigenvalue weighted by molar-refractivity contribution is 7.10. The van der Waals surface area contributed by atoms with Gasteiger partial charge in [-0.15, -0.1) is 11.3 Å². The molecule has 0 unspecified atom stereocenters. The van der Waals surface area contributed by atoms with E-state index in [1.54, 1.807) is 11.3 Å². The number of fused-ring (bicyclic) bond motifs is 1. The van der Waals surface area contributed by atoms with E-state index < -0.39 is 0 Å². The molecule has 2 aliphatic rings. The maximum absolute atomic E-state index is 13.1. The summed E-state index contributed by atoms with van der Waals surface area (Å²) < 4.78 is 6.09. The molecule has 2 heterocycles. The van der Waals surface area contributed by atoms with Crippen LogP contribution in [0.4, 0.5) is 0 Å². The molecule has 3 nitrogen and oxygen atoms in total. The fraction of sp³-hybridized carbons (Fsp3) is 0.450. The number of carbonyl (C=O) groups is 1. The van der Waals surface area contributed by atoms with Crippen LogP contribution in [0.2, 0.25) is 0 Å². The summed E-state index contributed by atoms with van der Waals surface area (Å²) in [6.07, 6.45) is 4.68. The number of hydrogen-bond donors (Lipinski definition) is 0. The van der Waals surface area contributed by atoms with Crippen molar-refractivity contribution in [2.24, 2.45) is 0 Å². The van der Waals surface area contributed by atoms with Crippen LogP contribution in [-0.4, -0.2) is 30.0 Å². The number of thiophene rings is 1. The van der Waals surface area contributed by atoms with E-state index in [0.29, 0.717) is 13.1 Å². The SMILES string of the molecule is C[C@H]1CN(C(=O)c2csc3c2CCCC3)C[C@H](c2ccccc2)O1. The minimum Gasteiger partial charge on any atom is -0.367 e. The lowest BCUT2D eigenvalue weighted by Gasteiger charge is -2.37.